The molecule has 19 heavy (non-hydrogen) atoms. The Bertz CT molecular complexity index is 468. The number of nitrogens with zero attached hydrogens (tertiary/aromatic N) is 2. The predicted octanol–water partition coefficient (Wildman–Crippen LogP) is 2.64. The fourth-order valence-electron chi connectivity index (χ4n) is 3.72. The Morgan fingerprint density at radius 3 is 2.95 bits per heavy atom. The Balaban J connectivity index is 1.46. The summed E-state index contributed by atoms with van der Waals surface area (Å²) in [4.78, 5) is 2.67. The van der Waals surface area contributed by atoms with Crippen LogP contribution in [-0.4, -0.2) is 34.4 Å². The lowest BCUT2D eigenvalue weighted by Gasteiger charge is -2.35. The molecule has 2 atom stereocenters. The Morgan fingerprint density at radius 2 is 2.11 bits per heavy atom. The number of nitrogens with one attached hydrogen (secondary N) is 1. The summed E-state index contributed by atoms with van der Waals surface area (Å²) in [5.41, 5.74) is 7.34. The molecule has 3 aliphatic rings. The summed E-state index contributed by atoms with van der Waals surface area (Å²) in [5, 5.41) is 5.01. The molecule has 1 aromatic rings. The van der Waals surface area contributed by atoms with Crippen molar-refractivity contribution in [3.63, 3.8) is 0 Å². The van der Waals surface area contributed by atoms with E-state index in [1.807, 2.05) is 0 Å². The maximum absolute atomic E-state index is 6.02. The second-order valence-corrected chi connectivity index (χ2v) is 7.06. The topological polar surface area (TPSA) is 54.2 Å². The Hall–Kier alpha value is -0.810. The minimum Gasteiger partial charge on any atom is -0.383 e. The van der Waals surface area contributed by atoms with Gasteiger partial charge < -0.3 is 16.0 Å². The molecule has 0 spiro atoms. The van der Waals surface area contributed by atoms with Crippen LogP contribution in [0.2, 0.25) is 0 Å². The second-order valence-electron chi connectivity index (χ2n) is 6.28. The van der Waals surface area contributed by atoms with Crippen molar-refractivity contribution in [1.82, 2.24) is 9.27 Å². The molecular formula is C14H22N4S. The van der Waals surface area contributed by atoms with Crippen LogP contribution < -0.4 is 11.1 Å². The van der Waals surface area contributed by atoms with E-state index in [1.165, 1.54) is 62.2 Å². The molecule has 2 unspecified atom stereocenters. The van der Waals surface area contributed by atoms with Gasteiger partial charge in [0.25, 0.3) is 0 Å². The standard InChI is InChI=1S/C14H22N4S/c15-13-12(9-3-4-9)14(19-17-13)16-10-5-7-18-6-1-2-11(18)8-10/h9-11,16H,1-8H2,(H2,15,17). The van der Waals surface area contributed by atoms with Crippen LogP contribution in [0.4, 0.5) is 10.8 Å². The summed E-state index contributed by atoms with van der Waals surface area (Å²) in [6.07, 6.45) is 7.91. The van der Waals surface area contributed by atoms with Gasteiger partial charge in [-0.25, -0.2) is 0 Å². The van der Waals surface area contributed by atoms with Gasteiger partial charge in [0.1, 0.15) is 10.8 Å². The first-order valence-corrected chi connectivity index (χ1v) is 8.34. The summed E-state index contributed by atoms with van der Waals surface area (Å²) in [6, 6.07) is 1.44. The normalized spacial score (nSPS) is 31.4. The number of hydrogen-bond donors (Lipinski definition) is 2. The summed E-state index contributed by atoms with van der Waals surface area (Å²) in [7, 11) is 0. The highest BCUT2D eigenvalue weighted by Gasteiger charge is 2.34. The third-order valence-electron chi connectivity index (χ3n) is 4.90. The Morgan fingerprint density at radius 1 is 1.21 bits per heavy atom. The summed E-state index contributed by atoms with van der Waals surface area (Å²) in [6.45, 7) is 2.58. The van der Waals surface area contributed by atoms with E-state index in [9.17, 15) is 0 Å². The first-order valence-electron chi connectivity index (χ1n) is 7.57. The third kappa shape index (κ3) is 2.23. The predicted molar refractivity (Wildman–Crippen MR) is 79.7 cm³/mol. The highest BCUT2D eigenvalue weighted by atomic mass is 32.1. The van der Waals surface area contributed by atoms with E-state index in [2.05, 4.69) is 14.6 Å². The van der Waals surface area contributed by atoms with Crippen molar-refractivity contribution in [3.05, 3.63) is 5.56 Å². The number of nitrogens with two attached hydrogens (primary N) is 1. The van der Waals surface area contributed by atoms with E-state index in [0.29, 0.717) is 12.0 Å². The number of piperidine rings is 1. The molecule has 3 heterocycles. The summed E-state index contributed by atoms with van der Waals surface area (Å²) >= 11 is 1.56. The smallest absolute Gasteiger partial charge is 0.142 e. The molecule has 0 amide bonds. The fourth-order valence-corrected chi connectivity index (χ4v) is 4.60. The van der Waals surface area contributed by atoms with Gasteiger partial charge in [0, 0.05) is 24.2 Å². The second kappa shape index (κ2) is 4.63. The molecule has 3 N–H and O–H groups in total. The van der Waals surface area contributed by atoms with Gasteiger partial charge >= 0.3 is 0 Å². The largest absolute Gasteiger partial charge is 0.383 e. The molecule has 2 saturated heterocycles. The average Bonchev–Trinajstić information content (AvgIpc) is 3.01. The van der Waals surface area contributed by atoms with Crippen LogP contribution in [0.5, 0.6) is 0 Å². The van der Waals surface area contributed by atoms with Gasteiger partial charge in [-0.15, -0.1) is 0 Å². The van der Waals surface area contributed by atoms with Crippen LogP contribution in [0.15, 0.2) is 0 Å². The Labute approximate surface area is 118 Å². The van der Waals surface area contributed by atoms with E-state index < -0.39 is 0 Å². The van der Waals surface area contributed by atoms with Gasteiger partial charge in [0.2, 0.25) is 0 Å². The molecule has 5 heteroatoms. The molecule has 2 aliphatic heterocycles. The van der Waals surface area contributed by atoms with Crippen molar-refractivity contribution in [3.8, 4) is 0 Å². The molecule has 1 aromatic heterocycles. The maximum atomic E-state index is 6.02. The van der Waals surface area contributed by atoms with Crippen molar-refractivity contribution < 1.29 is 0 Å². The van der Waals surface area contributed by atoms with Gasteiger partial charge in [0.05, 0.1) is 0 Å². The lowest BCUT2D eigenvalue weighted by Crippen LogP contribution is -2.42. The van der Waals surface area contributed by atoms with Crippen molar-refractivity contribution in [2.24, 2.45) is 0 Å². The SMILES string of the molecule is Nc1nsc(NC2CCN3CCCC3C2)c1C1CC1. The minimum atomic E-state index is 0.622. The monoisotopic (exact) mass is 278 g/mol. The average molecular weight is 278 g/mol. The number of fused-ring (bicyclic) bond motifs is 1. The fraction of sp³-hybridized carbons (Fsp3) is 0.786. The molecule has 0 radical (unpaired) electrons. The van der Waals surface area contributed by atoms with Crippen LogP contribution in [-0.2, 0) is 0 Å². The molecule has 3 fully saturated rings. The molecule has 1 saturated carbocycles. The van der Waals surface area contributed by atoms with Gasteiger partial charge in [-0.2, -0.15) is 4.37 Å². The molecule has 4 nitrogen and oxygen atoms in total. The van der Waals surface area contributed by atoms with E-state index in [0.717, 1.165) is 11.9 Å². The van der Waals surface area contributed by atoms with Crippen molar-refractivity contribution in [1.29, 1.82) is 0 Å². The third-order valence-corrected chi connectivity index (χ3v) is 5.71. The van der Waals surface area contributed by atoms with E-state index >= 15 is 0 Å². The zero-order valence-corrected chi connectivity index (χ0v) is 12.1. The Kier molecular flexibility index (Phi) is 2.92. The summed E-state index contributed by atoms with van der Waals surface area (Å²) in [5.74, 6) is 1.46. The quantitative estimate of drug-likeness (QED) is 0.892. The van der Waals surface area contributed by atoms with Gasteiger partial charge in [-0.1, -0.05) is 0 Å². The lowest BCUT2D eigenvalue weighted by atomic mass is 9.97. The van der Waals surface area contributed by atoms with Crippen LogP contribution in [0.25, 0.3) is 0 Å². The number of rotatable bonds is 3. The zero-order chi connectivity index (χ0) is 12.8. The highest BCUT2D eigenvalue weighted by molar-refractivity contribution is 7.10. The molecule has 104 valence electrons. The molecule has 1 aliphatic carbocycles. The maximum Gasteiger partial charge on any atom is 0.142 e. The van der Waals surface area contributed by atoms with Gasteiger partial charge in [-0.3, -0.25) is 0 Å². The van der Waals surface area contributed by atoms with Crippen molar-refractivity contribution >= 4 is 22.4 Å². The molecule has 4 rings (SSSR count). The molecular weight excluding hydrogens is 256 g/mol. The van der Waals surface area contributed by atoms with Gasteiger partial charge in [-0.05, 0) is 62.5 Å². The van der Waals surface area contributed by atoms with Crippen molar-refractivity contribution in [2.75, 3.05) is 24.1 Å². The minimum absolute atomic E-state index is 0.622. The number of anilines is 2. The first kappa shape index (κ1) is 12.0. The van der Waals surface area contributed by atoms with Crippen LogP contribution in [0, 0.1) is 0 Å². The first-order chi connectivity index (χ1) is 9.31. The highest BCUT2D eigenvalue weighted by Crippen LogP contribution is 2.48. The van der Waals surface area contributed by atoms with E-state index in [-0.39, 0.29) is 0 Å². The van der Waals surface area contributed by atoms with Crippen LogP contribution >= 0.6 is 11.5 Å². The molecule has 0 aromatic carbocycles. The number of nitrogen functional groups attached to an aromatic ring is 1. The number of aromatic nitrogens is 1. The van der Waals surface area contributed by atoms with Crippen LogP contribution in [0.3, 0.4) is 0 Å². The van der Waals surface area contributed by atoms with Gasteiger partial charge in [0.15, 0.2) is 0 Å². The molecule has 0 bridgehead atoms. The van der Waals surface area contributed by atoms with E-state index in [4.69, 9.17) is 5.73 Å². The van der Waals surface area contributed by atoms with Crippen molar-refractivity contribution in [2.45, 2.75) is 56.5 Å². The zero-order valence-electron chi connectivity index (χ0n) is 11.3. The summed E-state index contributed by atoms with van der Waals surface area (Å²) < 4.78 is 4.36. The lowest BCUT2D eigenvalue weighted by molar-refractivity contribution is 0.188. The number of hydrogen-bond acceptors (Lipinski definition) is 5. The van der Waals surface area contributed by atoms with E-state index in [1.54, 1.807) is 11.5 Å². The van der Waals surface area contributed by atoms with Crippen LogP contribution in [0.1, 0.15) is 50.0 Å².